The summed E-state index contributed by atoms with van der Waals surface area (Å²) >= 11 is 11.8. The number of benzene rings is 2. The summed E-state index contributed by atoms with van der Waals surface area (Å²) in [5.41, 5.74) is 2.11. The second kappa shape index (κ2) is 7.72. The van der Waals surface area contributed by atoms with Gasteiger partial charge < -0.3 is 10.2 Å². The lowest BCUT2D eigenvalue weighted by Gasteiger charge is -2.19. The van der Waals surface area contributed by atoms with Crippen molar-refractivity contribution < 1.29 is 9.59 Å². The van der Waals surface area contributed by atoms with Crippen LogP contribution in [0.25, 0.3) is 6.08 Å². The molecule has 0 aliphatic carbocycles. The summed E-state index contributed by atoms with van der Waals surface area (Å²) in [6, 6.07) is 12.4. The molecule has 0 aromatic heterocycles. The van der Waals surface area contributed by atoms with Crippen LogP contribution in [0.1, 0.15) is 18.4 Å². The molecule has 3 rings (SSSR count). The average molecular weight is 375 g/mol. The predicted molar refractivity (Wildman–Crippen MR) is 102 cm³/mol. The standard InChI is InChI=1S/C19H16Cl2N2O2/c20-14-9-7-13(12-15(14)21)8-10-18(24)22-16-4-1-2-5-17(16)23-11-3-6-19(23)25/h1-2,4-5,7-10,12H,3,6,11H2,(H,22,24)/b10-8+. The number of nitrogens with zero attached hydrogens (tertiary/aromatic N) is 1. The third kappa shape index (κ3) is 4.21. The van der Waals surface area contributed by atoms with Crippen molar-refractivity contribution in [3.8, 4) is 0 Å². The fourth-order valence-corrected chi connectivity index (χ4v) is 2.99. The molecule has 6 heteroatoms. The number of hydrogen-bond acceptors (Lipinski definition) is 2. The zero-order chi connectivity index (χ0) is 17.8. The fourth-order valence-electron chi connectivity index (χ4n) is 2.68. The van der Waals surface area contributed by atoms with Gasteiger partial charge in [-0.1, -0.05) is 41.4 Å². The number of halogens is 2. The Morgan fingerprint density at radius 1 is 1.12 bits per heavy atom. The van der Waals surface area contributed by atoms with Crippen molar-refractivity contribution >= 4 is 52.5 Å². The molecule has 0 unspecified atom stereocenters. The van der Waals surface area contributed by atoms with Crippen LogP contribution >= 0.6 is 23.2 Å². The Kier molecular flexibility index (Phi) is 5.41. The molecule has 2 amide bonds. The van der Waals surface area contributed by atoms with Crippen molar-refractivity contribution in [1.29, 1.82) is 0 Å². The van der Waals surface area contributed by atoms with Crippen molar-refractivity contribution in [3.63, 3.8) is 0 Å². The summed E-state index contributed by atoms with van der Waals surface area (Å²) in [5, 5.41) is 3.72. The highest BCUT2D eigenvalue weighted by atomic mass is 35.5. The van der Waals surface area contributed by atoms with Gasteiger partial charge in [0, 0.05) is 19.0 Å². The average Bonchev–Trinajstić information content (AvgIpc) is 3.02. The summed E-state index contributed by atoms with van der Waals surface area (Å²) in [6.07, 6.45) is 4.45. The Morgan fingerprint density at radius 3 is 2.64 bits per heavy atom. The van der Waals surface area contributed by atoms with E-state index in [1.165, 1.54) is 6.08 Å². The number of carbonyl (C=O) groups excluding carboxylic acids is 2. The Bertz CT molecular complexity index is 849. The minimum absolute atomic E-state index is 0.0769. The summed E-state index contributed by atoms with van der Waals surface area (Å²) < 4.78 is 0. The van der Waals surface area contributed by atoms with Crippen molar-refractivity contribution in [2.75, 3.05) is 16.8 Å². The molecule has 0 radical (unpaired) electrons. The van der Waals surface area contributed by atoms with Crippen LogP contribution < -0.4 is 10.2 Å². The molecule has 1 fully saturated rings. The highest BCUT2D eigenvalue weighted by molar-refractivity contribution is 6.42. The zero-order valence-corrected chi connectivity index (χ0v) is 14.8. The van der Waals surface area contributed by atoms with E-state index in [9.17, 15) is 9.59 Å². The smallest absolute Gasteiger partial charge is 0.248 e. The number of carbonyl (C=O) groups is 2. The van der Waals surface area contributed by atoms with Crippen molar-refractivity contribution in [2.45, 2.75) is 12.8 Å². The largest absolute Gasteiger partial charge is 0.321 e. The number of rotatable bonds is 4. The molecule has 4 nitrogen and oxygen atoms in total. The van der Waals surface area contributed by atoms with Crippen LogP contribution in [0.2, 0.25) is 10.0 Å². The molecule has 1 heterocycles. The first-order chi connectivity index (χ1) is 12.0. The first-order valence-electron chi connectivity index (χ1n) is 7.88. The first kappa shape index (κ1) is 17.5. The second-order valence-corrected chi connectivity index (χ2v) is 6.48. The van der Waals surface area contributed by atoms with Crippen molar-refractivity contribution in [2.24, 2.45) is 0 Å². The summed E-state index contributed by atoms with van der Waals surface area (Å²) in [6.45, 7) is 0.671. The molecule has 1 saturated heterocycles. The molecule has 2 aromatic rings. The van der Waals surface area contributed by atoms with Gasteiger partial charge in [0.1, 0.15) is 0 Å². The van der Waals surface area contributed by atoms with E-state index in [0.29, 0.717) is 28.7 Å². The highest BCUT2D eigenvalue weighted by Gasteiger charge is 2.23. The molecule has 1 aliphatic rings. The van der Waals surface area contributed by atoms with Crippen LogP contribution in [0.3, 0.4) is 0 Å². The quantitative estimate of drug-likeness (QED) is 0.783. The molecule has 25 heavy (non-hydrogen) atoms. The van der Waals surface area contributed by atoms with Gasteiger partial charge in [-0.2, -0.15) is 0 Å². The topological polar surface area (TPSA) is 49.4 Å². The molecular weight excluding hydrogens is 359 g/mol. The minimum Gasteiger partial charge on any atom is -0.321 e. The van der Waals surface area contributed by atoms with E-state index < -0.39 is 0 Å². The van der Waals surface area contributed by atoms with Gasteiger partial charge in [-0.25, -0.2) is 0 Å². The molecule has 1 aliphatic heterocycles. The lowest BCUT2D eigenvalue weighted by Crippen LogP contribution is -2.25. The molecule has 0 saturated carbocycles. The van der Waals surface area contributed by atoms with Crippen molar-refractivity contribution in [3.05, 3.63) is 64.1 Å². The molecule has 0 bridgehead atoms. The second-order valence-electron chi connectivity index (χ2n) is 5.66. The molecule has 0 spiro atoms. The number of hydrogen-bond donors (Lipinski definition) is 1. The van der Waals surface area contributed by atoms with E-state index in [2.05, 4.69) is 5.32 Å². The number of amides is 2. The first-order valence-corrected chi connectivity index (χ1v) is 8.64. The van der Waals surface area contributed by atoms with Gasteiger partial charge in [-0.3, -0.25) is 9.59 Å². The van der Waals surface area contributed by atoms with E-state index in [1.807, 2.05) is 18.2 Å². The maximum Gasteiger partial charge on any atom is 0.248 e. The maximum absolute atomic E-state index is 12.2. The number of nitrogens with one attached hydrogen (secondary N) is 1. The lowest BCUT2D eigenvalue weighted by atomic mass is 10.2. The Hall–Kier alpha value is -2.30. The normalized spacial score (nSPS) is 14.3. The fraction of sp³-hybridized carbons (Fsp3) is 0.158. The zero-order valence-electron chi connectivity index (χ0n) is 13.3. The van der Waals surface area contributed by atoms with Gasteiger partial charge in [-0.05, 0) is 42.3 Å². The third-order valence-electron chi connectivity index (χ3n) is 3.90. The third-order valence-corrected chi connectivity index (χ3v) is 4.64. The van der Waals surface area contributed by atoms with Crippen LogP contribution in [-0.2, 0) is 9.59 Å². The molecule has 2 aromatic carbocycles. The Balaban J connectivity index is 1.74. The van der Waals surface area contributed by atoms with Crippen LogP contribution in [-0.4, -0.2) is 18.4 Å². The van der Waals surface area contributed by atoms with Gasteiger partial charge >= 0.3 is 0 Å². The lowest BCUT2D eigenvalue weighted by molar-refractivity contribution is -0.117. The van der Waals surface area contributed by atoms with Crippen LogP contribution in [0.15, 0.2) is 48.5 Å². The van der Waals surface area contributed by atoms with E-state index in [0.717, 1.165) is 17.7 Å². The van der Waals surface area contributed by atoms with Gasteiger partial charge in [0.05, 0.1) is 21.4 Å². The highest BCUT2D eigenvalue weighted by Crippen LogP contribution is 2.29. The minimum atomic E-state index is -0.287. The molecule has 0 atom stereocenters. The van der Waals surface area contributed by atoms with Gasteiger partial charge in [0.2, 0.25) is 11.8 Å². The van der Waals surface area contributed by atoms with Crippen molar-refractivity contribution in [1.82, 2.24) is 0 Å². The molecule has 1 N–H and O–H groups in total. The summed E-state index contributed by atoms with van der Waals surface area (Å²) in [5.74, 6) is -0.210. The van der Waals surface area contributed by atoms with E-state index in [4.69, 9.17) is 23.2 Å². The van der Waals surface area contributed by atoms with Crippen LogP contribution in [0.4, 0.5) is 11.4 Å². The monoisotopic (exact) mass is 374 g/mol. The van der Waals surface area contributed by atoms with Gasteiger partial charge in [0.15, 0.2) is 0 Å². The maximum atomic E-state index is 12.2. The predicted octanol–water partition coefficient (Wildman–Crippen LogP) is 4.77. The SMILES string of the molecule is O=C(/C=C/c1ccc(Cl)c(Cl)c1)Nc1ccccc1N1CCCC1=O. The number of anilines is 2. The Morgan fingerprint density at radius 2 is 1.92 bits per heavy atom. The summed E-state index contributed by atoms with van der Waals surface area (Å²) in [4.78, 5) is 25.9. The summed E-state index contributed by atoms with van der Waals surface area (Å²) in [7, 11) is 0. The number of para-hydroxylation sites is 2. The Labute approximate surface area is 156 Å². The van der Waals surface area contributed by atoms with Gasteiger partial charge in [-0.15, -0.1) is 0 Å². The van der Waals surface area contributed by atoms with E-state index >= 15 is 0 Å². The van der Waals surface area contributed by atoms with Crippen LogP contribution in [0.5, 0.6) is 0 Å². The van der Waals surface area contributed by atoms with E-state index in [-0.39, 0.29) is 11.8 Å². The molecular formula is C19H16Cl2N2O2. The van der Waals surface area contributed by atoms with E-state index in [1.54, 1.807) is 35.2 Å². The van der Waals surface area contributed by atoms with Crippen LogP contribution in [0, 0.1) is 0 Å². The molecule has 128 valence electrons. The van der Waals surface area contributed by atoms with Gasteiger partial charge in [0.25, 0.3) is 0 Å².